The minimum Gasteiger partial charge on any atom is -0.486 e. The lowest BCUT2D eigenvalue weighted by Gasteiger charge is -2.24. The van der Waals surface area contributed by atoms with Crippen molar-refractivity contribution in [3.8, 4) is 11.5 Å². The Balaban J connectivity index is 1.34. The second kappa shape index (κ2) is 9.77. The monoisotopic (exact) mass is 475 g/mol. The van der Waals surface area contributed by atoms with Gasteiger partial charge in [0.15, 0.2) is 11.5 Å². The number of benzene rings is 2. The first-order valence-corrected chi connectivity index (χ1v) is 11.9. The Kier molecular flexibility index (Phi) is 6.82. The van der Waals surface area contributed by atoms with Crippen molar-refractivity contribution in [3.63, 3.8) is 0 Å². The Morgan fingerprint density at radius 1 is 0.970 bits per heavy atom. The van der Waals surface area contributed by atoms with Crippen molar-refractivity contribution in [2.75, 3.05) is 32.9 Å². The number of sulfonamides is 1. The van der Waals surface area contributed by atoms with Gasteiger partial charge < -0.3 is 24.8 Å². The van der Waals surface area contributed by atoms with Crippen molar-refractivity contribution in [3.05, 3.63) is 53.6 Å². The van der Waals surface area contributed by atoms with Crippen LogP contribution in [-0.4, -0.2) is 63.7 Å². The van der Waals surface area contributed by atoms with E-state index < -0.39 is 28.1 Å². The summed E-state index contributed by atoms with van der Waals surface area (Å²) < 4.78 is 43.9. The van der Waals surface area contributed by atoms with Crippen molar-refractivity contribution in [1.82, 2.24) is 14.9 Å². The van der Waals surface area contributed by atoms with Crippen LogP contribution in [0.3, 0.4) is 0 Å². The van der Waals surface area contributed by atoms with Gasteiger partial charge in [-0.2, -0.15) is 4.31 Å². The fourth-order valence-electron chi connectivity index (χ4n) is 3.49. The minimum atomic E-state index is -3.92. The van der Waals surface area contributed by atoms with Crippen LogP contribution in [0.1, 0.15) is 11.1 Å². The molecular weight excluding hydrogens is 450 g/mol. The Morgan fingerprint density at radius 2 is 1.67 bits per heavy atom. The molecule has 4 rings (SSSR count). The summed E-state index contributed by atoms with van der Waals surface area (Å²) in [5.41, 5.74) is 1.95. The molecule has 1 atom stereocenters. The van der Waals surface area contributed by atoms with Crippen LogP contribution in [0.2, 0.25) is 0 Å². The number of carbonyl (C=O) groups excluding carboxylic acids is 2. The normalized spacial score (nSPS) is 18.0. The maximum atomic E-state index is 13.2. The largest absolute Gasteiger partial charge is 0.486 e. The highest BCUT2D eigenvalue weighted by Gasteiger charge is 2.37. The zero-order valence-corrected chi connectivity index (χ0v) is 18.9. The van der Waals surface area contributed by atoms with Gasteiger partial charge in [0, 0.05) is 19.2 Å². The summed E-state index contributed by atoms with van der Waals surface area (Å²) in [5.74, 6) is -0.833. The highest BCUT2D eigenvalue weighted by atomic mass is 32.2. The van der Waals surface area contributed by atoms with Gasteiger partial charge in [-0.1, -0.05) is 29.8 Å². The number of fused-ring (bicyclic) bond motifs is 1. The fourth-order valence-corrected chi connectivity index (χ4v) is 5.02. The first-order valence-electron chi connectivity index (χ1n) is 10.5. The molecule has 1 unspecified atom stereocenters. The Morgan fingerprint density at radius 3 is 2.42 bits per heavy atom. The Labute approximate surface area is 191 Å². The average molecular weight is 476 g/mol. The molecule has 2 aliphatic heterocycles. The Bertz CT molecular complexity index is 1140. The number of nitrogens with zero attached hydrogens (tertiary/aromatic N) is 1. The van der Waals surface area contributed by atoms with Gasteiger partial charge in [-0.25, -0.2) is 8.42 Å². The highest BCUT2D eigenvalue weighted by Crippen LogP contribution is 2.34. The molecule has 1 saturated heterocycles. The van der Waals surface area contributed by atoms with Crippen LogP contribution in [-0.2, 0) is 30.9 Å². The van der Waals surface area contributed by atoms with Crippen LogP contribution in [0.5, 0.6) is 11.5 Å². The van der Waals surface area contributed by atoms with E-state index in [1.165, 1.54) is 12.1 Å². The van der Waals surface area contributed by atoms with E-state index in [4.69, 9.17) is 14.2 Å². The van der Waals surface area contributed by atoms with Crippen molar-refractivity contribution in [1.29, 1.82) is 0 Å². The predicted molar refractivity (Wildman–Crippen MR) is 117 cm³/mol. The molecule has 11 heteroatoms. The molecule has 0 aliphatic carbocycles. The number of nitrogens with one attached hydrogen (secondary N) is 2. The molecule has 176 valence electrons. The third-order valence-corrected chi connectivity index (χ3v) is 7.17. The number of carbonyl (C=O) groups is 2. The van der Waals surface area contributed by atoms with Gasteiger partial charge in [0.05, 0.1) is 18.0 Å². The van der Waals surface area contributed by atoms with E-state index in [9.17, 15) is 18.0 Å². The molecule has 0 saturated carbocycles. The number of amides is 2. The van der Waals surface area contributed by atoms with Gasteiger partial charge in [-0.05, 0) is 24.6 Å². The molecule has 0 bridgehead atoms. The number of aryl methyl sites for hydroxylation is 1. The highest BCUT2D eigenvalue weighted by molar-refractivity contribution is 7.89. The van der Waals surface area contributed by atoms with E-state index in [0.29, 0.717) is 24.7 Å². The molecular formula is C22H25N3O7S. The quantitative estimate of drug-likeness (QED) is 0.585. The van der Waals surface area contributed by atoms with Crippen molar-refractivity contribution < 1.29 is 32.2 Å². The molecule has 1 fully saturated rings. The lowest BCUT2D eigenvalue weighted by Crippen LogP contribution is -2.47. The van der Waals surface area contributed by atoms with E-state index in [1.807, 2.05) is 31.2 Å². The molecule has 2 aromatic carbocycles. The maximum absolute atomic E-state index is 13.2. The molecule has 2 amide bonds. The molecule has 2 aromatic rings. The zero-order valence-electron chi connectivity index (χ0n) is 18.1. The molecule has 0 aromatic heterocycles. The van der Waals surface area contributed by atoms with Gasteiger partial charge in [0.25, 0.3) is 0 Å². The van der Waals surface area contributed by atoms with E-state index in [1.54, 1.807) is 6.07 Å². The molecule has 2 N–H and O–H groups in total. The van der Waals surface area contributed by atoms with E-state index in [0.717, 1.165) is 15.4 Å². The SMILES string of the molecule is Cc1ccc(CNC(=O)C(=O)NCC2OCCN2S(=O)(=O)c2ccc3c(c2)OCCO3)cc1. The van der Waals surface area contributed by atoms with E-state index >= 15 is 0 Å². The van der Waals surface area contributed by atoms with Crippen molar-refractivity contribution >= 4 is 21.8 Å². The van der Waals surface area contributed by atoms with Crippen LogP contribution in [0.15, 0.2) is 47.4 Å². The first kappa shape index (κ1) is 23.0. The van der Waals surface area contributed by atoms with E-state index in [-0.39, 0.29) is 31.1 Å². The fraction of sp³-hybridized carbons (Fsp3) is 0.364. The van der Waals surface area contributed by atoms with Crippen LogP contribution < -0.4 is 20.1 Å². The van der Waals surface area contributed by atoms with Crippen molar-refractivity contribution in [2.45, 2.75) is 24.6 Å². The third-order valence-electron chi connectivity index (χ3n) is 5.28. The third kappa shape index (κ3) is 5.27. The van der Waals surface area contributed by atoms with Crippen LogP contribution in [0.4, 0.5) is 0 Å². The lowest BCUT2D eigenvalue weighted by atomic mass is 10.1. The van der Waals surface area contributed by atoms with Crippen LogP contribution in [0, 0.1) is 6.92 Å². The summed E-state index contributed by atoms with van der Waals surface area (Å²) in [6.45, 7) is 3.03. The second-order valence-corrected chi connectivity index (χ2v) is 9.52. The molecule has 2 heterocycles. The summed E-state index contributed by atoms with van der Waals surface area (Å²) in [4.78, 5) is 24.3. The molecule has 2 aliphatic rings. The van der Waals surface area contributed by atoms with Gasteiger partial charge in [-0.3, -0.25) is 9.59 Å². The molecule has 0 radical (unpaired) electrons. The number of hydrogen-bond acceptors (Lipinski definition) is 7. The second-order valence-electron chi connectivity index (χ2n) is 7.62. The number of rotatable bonds is 6. The zero-order chi connectivity index (χ0) is 23.4. The molecule has 33 heavy (non-hydrogen) atoms. The van der Waals surface area contributed by atoms with Gasteiger partial charge >= 0.3 is 11.8 Å². The number of ether oxygens (including phenoxy) is 3. The Hall–Kier alpha value is -3.15. The average Bonchev–Trinajstić information content (AvgIpc) is 3.31. The van der Waals surface area contributed by atoms with Gasteiger partial charge in [0.2, 0.25) is 10.0 Å². The summed E-state index contributed by atoms with van der Waals surface area (Å²) in [7, 11) is -3.92. The van der Waals surface area contributed by atoms with Gasteiger partial charge in [-0.15, -0.1) is 0 Å². The number of hydrogen-bond donors (Lipinski definition) is 2. The maximum Gasteiger partial charge on any atom is 0.309 e. The van der Waals surface area contributed by atoms with Crippen LogP contribution in [0.25, 0.3) is 0 Å². The topological polar surface area (TPSA) is 123 Å². The predicted octanol–water partition coefficient (Wildman–Crippen LogP) is 0.546. The van der Waals surface area contributed by atoms with E-state index in [2.05, 4.69) is 10.6 Å². The minimum absolute atomic E-state index is 0.0319. The summed E-state index contributed by atoms with van der Waals surface area (Å²) >= 11 is 0. The standard InChI is InChI=1S/C22H25N3O7S/c1-15-2-4-16(5-3-15)13-23-21(26)22(27)24-14-20-25(8-9-32-20)33(28,29)17-6-7-18-19(12-17)31-11-10-30-18/h2-7,12,20H,8-11,13-14H2,1H3,(H,23,26)(H,24,27). The van der Waals surface area contributed by atoms with Crippen molar-refractivity contribution in [2.24, 2.45) is 0 Å². The molecule has 10 nitrogen and oxygen atoms in total. The summed E-state index contributed by atoms with van der Waals surface area (Å²) in [5, 5.41) is 4.99. The smallest absolute Gasteiger partial charge is 0.309 e. The molecule has 0 spiro atoms. The summed E-state index contributed by atoms with van der Waals surface area (Å²) in [6, 6.07) is 11.9. The lowest BCUT2D eigenvalue weighted by molar-refractivity contribution is -0.139. The van der Waals surface area contributed by atoms with Gasteiger partial charge in [0.1, 0.15) is 19.4 Å². The van der Waals surface area contributed by atoms with Crippen LogP contribution >= 0.6 is 0 Å². The summed E-state index contributed by atoms with van der Waals surface area (Å²) in [6.07, 6.45) is -0.933. The first-order chi connectivity index (χ1) is 15.8.